The van der Waals surface area contributed by atoms with Gasteiger partial charge in [0.2, 0.25) is 0 Å². The smallest absolute Gasteiger partial charge is 0.340 e. The van der Waals surface area contributed by atoms with Gasteiger partial charge in [0.15, 0.2) is 18.7 Å². The van der Waals surface area contributed by atoms with Crippen LogP contribution in [0.25, 0.3) is 11.3 Å². The van der Waals surface area contributed by atoms with E-state index < -0.39 is 18.5 Å². The number of carbonyl (C=O) groups is 3. The summed E-state index contributed by atoms with van der Waals surface area (Å²) in [5.74, 6) is -0.399. The van der Waals surface area contributed by atoms with Gasteiger partial charge in [-0.1, -0.05) is 25.4 Å². The summed E-state index contributed by atoms with van der Waals surface area (Å²) < 4.78 is 11.6. The minimum absolute atomic E-state index is 0.0909. The van der Waals surface area contributed by atoms with E-state index in [-0.39, 0.29) is 22.3 Å². The molecule has 31 heavy (non-hydrogen) atoms. The van der Waals surface area contributed by atoms with E-state index in [2.05, 4.69) is 27.9 Å². The number of hydrogen-bond donors (Lipinski definition) is 1. The third-order valence-electron chi connectivity index (χ3n) is 4.46. The molecule has 0 aliphatic heterocycles. The first kappa shape index (κ1) is 23.0. The van der Waals surface area contributed by atoms with Crippen molar-refractivity contribution in [1.29, 1.82) is 0 Å². The van der Waals surface area contributed by atoms with Gasteiger partial charge in [0.1, 0.15) is 5.76 Å². The zero-order valence-electron chi connectivity index (χ0n) is 16.8. The number of hydrogen-bond acceptors (Lipinski definition) is 5. The highest BCUT2D eigenvalue weighted by Gasteiger charge is 2.17. The second kappa shape index (κ2) is 10.1. The van der Waals surface area contributed by atoms with E-state index in [1.807, 2.05) is 32.0 Å². The van der Waals surface area contributed by atoms with Gasteiger partial charge in [0, 0.05) is 14.8 Å². The summed E-state index contributed by atoms with van der Waals surface area (Å²) in [6.45, 7) is 3.61. The number of carbonyl (C=O) groups excluding carboxylic acids is 3. The molecule has 1 aromatic heterocycles. The van der Waals surface area contributed by atoms with Crippen molar-refractivity contribution in [2.75, 3.05) is 11.9 Å². The fraction of sp³-hybridized carbons (Fsp3) is 0.174. The molecule has 8 heteroatoms. The lowest BCUT2D eigenvalue weighted by molar-refractivity contribution is -0.119. The van der Waals surface area contributed by atoms with Crippen LogP contribution in [0.1, 0.15) is 46.2 Å². The summed E-state index contributed by atoms with van der Waals surface area (Å²) in [4.78, 5) is 35.7. The molecule has 0 saturated carbocycles. The van der Waals surface area contributed by atoms with Gasteiger partial charge in [-0.15, -0.1) is 0 Å². The van der Waals surface area contributed by atoms with E-state index in [1.165, 1.54) is 18.2 Å². The molecule has 0 atom stereocenters. The lowest BCUT2D eigenvalue weighted by Crippen LogP contribution is -2.22. The molecule has 160 valence electrons. The number of nitrogens with one attached hydrogen (secondary N) is 1. The van der Waals surface area contributed by atoms with E-state index in [0.717, 1.165) is 9.13 Å². The quantitative estimate of drug-likeness (QED) is 0.223. The lowest BCUT2D eigenvalue weighted by atomic mass is 10.0. The van der Waals surface area contributed by atoms with Gasteiger partial charge in [-0.2, -0.15) is 0 Å². The van der Waals surface area contributed by atoms with Gasteiger partial charge >= 0.3 is 5.97 Å². The Morgan fingerprint density at radius 2 is 1.94 bits per heavy atom. The monoisotopic (exact) mass is 551 g/mol. The van der Waals surface area contributed by atoms with E-state index in [1.54, 1.807) is 12.1 Å². The van der Waals surface area contributed by atoms with Crippen LogP contribution in [0.3, 0.4) is 0 Å². The van der Waals surface area contributed by atoms with Gasteiger partial charge in [-0.3, -0.25) is 9.59 Å². The predicted molar refractivity (Wildman–Crippen MR) is 127 cm³/mol. The maximum Gasteiger partial charge on any atom is 0.340 e. The molecule has 6 nitrogen and oxygen atoms in total. The molecule has 0 bridgehead atoms. The molecule has 0 fully saturated rings. The molecule has 3 rings (SSSR count). The summed E-state index contributed by atoms with van der Waals surface area (Å²) in [7, 11) is 0. The van der Waals surface area contributed by atoms with Crippen LogP contribution in [0.2, 0.25) is 5.02 Å². The Balaban J connectivity index is 1.69. The first-order valence-electron chi connectivity index (χ1n) is 9.40. The van der Waals surface area contributed by atoms with Crippen molar-refractivity contribution >= 4 is 58.0 Å². The van der Waals surface area contributed by atoms with Crippen LogP contribution in [0.5, 0.6) is 0 Å². The first-order chi connectivity index (χ1) is 14.8. The van der Waals surface area contributed by atoms with Crippen LogP contribution in [-0.2, 0) is 9.53 Å². The molecule has 1 heterocycles. The molecular weight excluding hydrogens is 533 g/mol. The third-order valence-corrected chi connectivity index (χ3v) is 5.46. The molecule has 2 aromatic carbocycles. The van der Waals surface area contributed by atoms with Gasteiger partial charge in [0.05, 0.1) is 10.6 Å². The third kappa shape index (κ3) is 5.74. The second-order valence-electron chi connectivity index (χ2n) is 7.03. The zero-order valence-corrected chi connectivity index (χ0v) is 19.7. The highest BCUT2D eigenvalue weighted by atomic mass is 127. The maximum atomic E-state index is 12.5. The highest BCUT2D eigenvalue weighted by molar-refractivity contribution is 14.1. The Labute approximate surface area is 198 Å². The number of aldehydes is 1. The topological polar surface area (TPSA) is 85.6 Å². The van der Waals surface area contributed by atoms with Crippen molar-refractivity contribution in [2.45, 2.75) is 19.8 Å². The second-order valence-corrected chi connectivity index (χ2v) is 8.68. The SMILES string of the molecule is CC(C)c1cc(I)ccc1NC(=O)COC(=O)c1cc(-c2ccc(C=O)o2)ccc1Cl. The number of rotatable bonds is 7. The Bertz CT molecular complexity index is 1140. The Hall–Kier alpha value is -2.65. The lowest BCUT2D eigenvalue weighted by Gasteiger charge is -2.14. The van der Waals surface area contributed by atoms with Crippen molar-refractivity contribution in [3.05, 3.63) is 74.0 Å². The van der Waals surface area contributed by atoms with Crippen molar-refractivity contribution in [3.63, 3.8) is 0 Å². The number of anilines is 1. The zero-order chi connectivity index (χ0) is 22.5. The molecule has 0 saturated heterocycles. The number of amides is 1. The van der Waals surface area contributed by atoms with E-state index in [9.17, 15) is 14.4 Å². The number of benzene rings is 2. The van der Waals surface area contributed by atoms with Gasteiger partial charge in [-0.25, -0.2) is 4.79 Å². The van der Waals surface area contributed by atoms with E-state index in [0.29, 0.717) is 23.3 Å². The molecule has 0 spiro atoms. The average Bonchev–Trinajstić information content (AvgIpc) is 3.23. The van der Waals surface area contributed by atoms with Crippen molar-refractivity contribution in [3.8, 4) is 11.3 Å². The summed E-state index contributed by atoms with van der Waals surface area (Å²) in [6, 6.07) is 13.5. The van der Waals surface area contributed by atoms with Gasteiger partial charge < -0.3 is 14.5 Å². The minimum atomic E-state index is -0.740. The minimum Gasteiger partial charge on any atom is -0.453 e. The molecule has 0 unspecified atom stereocenters. The van der Waals surface area contributed by atoms with Crippen molar-refractivity contribution in [1.82, 2.24) is 0 Å². The van der Waals surface area contributed by atoms with Crippen LogP contribution in [0, 0.1) is 3.57 Å². The van der Waals surface area contributed by atoms with Crippen molar-refractivity contribution < 1.29 is 23.5 Å². The molecule has 0 radical (unpaired) electrons. The Morgan fingerprint density at radius 3 is 2.61 bits per heavy atom. The Kier molecular flexibility index (Phi) is 7.50. The number of furan rings is 1. The largest absolute Gasteiger partial charge is 0.453 e. The molecule has 0 aliphatic carbocycles. The average molecular weight is 552 g/mol. The summed E-state index contributed by atoms with van der Waals surface area (Å²) in [5, 5.41) is 2.96. The predicted octanol–water partition coefficient (Wildman–Crippen LogP) is 5.94. The molecular formula is C23H19ClINO5. The van der Waals surface area contributed by atoms with Crippen LogP contribution in [-0.4, -0.2) is 24.8 Å². The summed E-state index contributed by atoms with van der Waals surface area (Å²) >= 11 is 8.35. The number of esters is 1. The first-order valence-corrected chi connectivity index (χ1v) is 10.9. The summed E-state index contributed by atoms with van der Waals surface area (Å²) in [6.07, 6.45) is 0.589. The van der Waals surface area contributed by atoms with Crippen molar-refractivity contribution in [2.24, 2.45) is 0 Å². The van der Waals surface area contributed by atoms with Crippen LogP contribution < -0.4 is 5.32 Å². The molecule has 1 amide bonds. The standard InChI is InChI=1S/C23H19ClINO5/c1-13(2)17-10-15(25)4-7-20(17)26-22(28)12-30-23(29)18-9-14(3-6-19(18)24)21-8-5-16(11-27)31-21/h3-11,13H,12H2,1-2H3,(H,26,28). The molecule has 3 aromatic rings. The van der Waals surface area contributed by atoms with E-state index >= 15 is 0 Å². The van der Waals surface area contributed by atoms with Crippen LogP contribution >= 0.6 is 34.2 Å². The number of ether oxygens (including phenoxy) is 1. The fourth-order valence-corrected chi connectivity index (χ4v) is 3.64. The van der Waals surface area contributed by atoms with Crippen LogP contribution in [0.15, 0.2) is 52.9 Å². The fourth-order valence-electron chi connectivity index (χ4n) is 2.93. The van der Waals surface area contributed by atoms with Gasteiger partial charge in [0.25, 0.3) is 5.91 Å². The summed E-state index contributed by atoms with van der Waals surface area (Å²) in [5.41, 5.74) is 2.32. The number of halogens is 2. The van der Waals surface area contributed by atoms with Crippen LogP contribution in [0.4, 0.5) is 5.69 Å². The molecule has 1 N–H and O–H groups in total. The van der Waals surface area contributed by atoms with E-state index in [4.69, 9.17) is 20.8 Å². The van der Waals surface area contributed by atoms with Gasteiger partial charge in [-0.05, 0) is 82.6 Å². The Morgan fingerprint density at radius 1 is 1.16 bits per heavy atom. The highest BCUT2D eigenvalue weighted by Crippen LogP contribution is 2.28. The maximum absolute atomic E-state index is 12.5. The normalized spacial score (nSPS) is 10.7. The molecule has 0 aliphatic rings.